The lowest BCUT2D eigenvalue weighted by Crippen LogP contribution is -2.44. The van der Waals surface area contributed by atoms with E-state index in [1.165, 1.54) is 12.7 Å². The Labute approximate surface area is 258 Å². The molecule has 0 aliphatic rings. The van der Waals surface area contributed by atoms with Crippen LogP contribution in [0.25, 0.3) is 21.9 Å². The van der Waals surface area contributed by atoms with E-state index in [2.05, 4.69) is 30.6 Å². The van der Waals surface area contributed by atoms with E-state index in [1.54, 1.807) is 24.9 Å². The van der Waals surface area contributed by atoms with Gasteiger partial charge >= 0.3 is 7.69 Å². The Kier molecular flexibility index (Phi) is 10.1. The van der Waals surface area contributed by atoms with Crippen molar-refractivity contribution in [3.63, 3.8) is 0 Å². The van der Waals surface area contributed by atoms with Crippen LogP contribution in [0.5, 0.6) is 0 Å². The molecule has 1 radical (unpaired) electrons. The molecule has 44 heavy (non-hydrogen) atoms. The van der Waals surface area contributed by atoms with Gasteiger partial charge in [-0.2, -0.15) is 0 Å². The Hall–Kier alpha value is -4.85. The summed E-state index contributed by atoms with van der Waals surface area (Å²) >= 11 is 0. The first-order valence-corrected chi connectivity index (χ1v) is 13.7. The van der Waals surface area contributed by atoms with E-state index in [4.69, 9.17) is 18.1 Å². The molecule has 4 N–H and O–H groups in total. The van der Waals surface area contributed by atoms with Gasteiger partial charge in [-0.3, -0.25) is 9.59 Å². The molecule has 0 bridgehead atoms. The molecule has 0 unspecified atom stereocenters. The van der Waals surface area contributed by atoms with Gasteiger partial charge in [0.2, 0.25) is 11.8 Å². The third-order valence-corrected chi connectivity index (χ3v) is 6.83. The maximum atomic E-state index is 12.9. The Balaban J connectivity index is 0.00000384. The molecule has 0 spiro atoms. The molecule has 0 saturated heterocycles. The van der Waals surface area contributed by atoms with Gasteiger partial charge in [-0.1, -0.05) is 36.4 Å². The van der Waals surface area contributed by atoms with Crippen LogP contribution in [0.3, 0.4) is 0 Å². The maximum Gasteiger partial charge on any atom is 0.491 e. The summed E-state index contributed by atoms with van der Waals surface area (Å²) in [5.41, 5.74) is 4.49. The number of rotatable bonds is 14. The lowest BCUT2D eigenvalue weighted by Gasteiger charge is -2.22. The number of nitrogens with zero attached hydrogens (tertiary/aromatic N) is 2. The van der Waals surface area contributed by atoms with E-state index in [1.807, 2.05) is 48.5 Å². The summed E-state index contributed by atoms with van der Waals surface area (Å²) in [5.74, 6) is -0.547. The number of hydrogen-bond acceptors (Lipinski definition) is 8. The summed E-state index contributed by atoms with van der Waals surface area (Å²) in [6.45, 7) is 0. The second kappa shape index (κ2) is 14.6. The third kappa shape index (κ3) is 7.75. The second-order valence-corrected chi connectivity index (χ2v) is 9.91. The summed E-state index contributed by atoms with van der Waals surface area (Å²) in [4.78, 5) is 39.5. The minimum Gasteiger partial charge on any atom is -0.464 e. The first kappa shape index (κ1) is 30.6. The molecule has 0 aliphatic carbocycles. The standard InChI is InChI=1S/C30H28BN6O6.ClH/c38-27(11-21-13-32-17-34-21)36-29(9-19-15-40-25-7-3-1-5-23(19)25)42-31-43-30(37-28(39)12-22-14-33-18-35-22)10-20-16-41-26-8-4-2-6-24(20)26;/h1-8,13-18,29-30H,9-12H2,(H,32,34)(H,33,35)(H,36,38)(H,37,39);1H/t29-,30-;/m1./s1. The Morgan fingerprint density at radius 1 is 0.750 bits per heavy atom. The van der Waals surface area contributed by atoms with E-state index in [0.29, 0.717) is 24.2 Å². The molecule has 4 aromatic heterocycles. The summed E-state index contributed by atoms with van der Waals surface area (Å²) in [6.07, 6.45) is 8.67. The fourth-order valence-corrected chi connectivity index (χ4v) is 4.78. The van der Waals surface area contributed by atoms with Crippen LogP contribution in [0.15, 0.2) is 94.9 Å². The zero-order valence-corrected chi connectivity index (χ0v) is 24.2. The molecule has 14 heteroatoms. The van der Waals surface area contributed by atoms with Gasteiger partial charge in [0.1, 0.15) is 23.6 Å². The Bertz CT molecular complexity index is 1660. The highest BCUT2D eigenvalue weighted by Crippen LogP contribution is 2.23. The number of nitrogens with one attached hydrogen (secondary N) is 4. The topological polar surface area (TPSA) is 160 Å². The van der Waals surface area contributed by atoms with Crippen LogP contribution in [0, 0.1) is 0 Å². The maximum absolute atomic E-state index is 12.9. The van der Waals surface area contributed by atoms with Crippen molar-refractivity contribution in [2.75, 3.05) is 0 Å². The third-order valence-electron chi connectivity index (χ3n) is 6.83. The average molecular weight is 616 g/mol. The summed E-state index contributed by atoms with van der Waals surface area (Å²) in [6, 6.07) is 15.2. The normalized spacial score (nSPS) is 12.5. The summed E-state index contributed by atoms with van der Waals surface area (Å²) < 4.78 is 23.2. The van der Waals surface area contributed by atoms with Gasteiger partial charge in [-0.05, 0) is 12.1 Å². The van der Waals surface area contributed by atoms with Gasteiger partial charge < -0.3 is 38.7 Å². The largest absolute Gasteiger partial charge is 0.491 e. The molecule has 2 aromatic carbocycles. The summed E-state index contributed by atoms with van der Waals surface area (Å²) in [5, 5.41) is 7.62. The average Bonchev–Trinajstić information content (AvgIpc) is 3.82. The van der Waals surface area contributed by atoms with Crippen molar-refractivity contribution < 1.29 is 27.7 Å². The van der Waals surface area contributed by atoms with Crippen molar-refractivity contribution in [1.82, 2.24) is 30.6 Å². The molecule has 2 amide bonds. The van der Waals surface area contributed by atoms with E-state index >= 15 is 0 Å². The van der Waals surface area contributed by atoms with Crippen LogP contribution < -0.4 is 10.6 Å². The minimum atomic E-state index is -0.799. The molecule has 12 nitrogen and oxygen atoms in total. The summed E-state index contributed by atoms with van der Waals surface area (Å²) in [7, 11) is 1.15. The van der Waals surface area contributed by atoms with E-state index < -0.39 is 12.5 Å². The molecule has 6 aromatic rings. The number of hydrogen-bond donors (Lipinski definition) is 4. The monoisotopic (exact) mass is 615 g/mol. The molecule has 0 saturated carbocycles. The van der Waals surface area contributed by atoms with Crippen LogP contribution in [-0.4, -0.2) is 51.9 Å². The number of carbonyl (C=O) groups excluding carboxylic acids is 2. The molecule has 225 valence electrons. The van der Waals surface area contributed by atoms with Crippen molar-refractivity contribution in [2.24, 2.45) is 0 Å². The fourth-order valence-electron chi connectivity index (χ4n) is 4.78. The minimum absolute atomic E-state index is 0. The van der Waals surface area contributed by atoms with Crippen LogP contribution in [-0.2, 0) is 44.6 Å². The molecule has 0 fully saturated rings. The smallest absolute Gasteiger partial charge is 0.464 e. The van der Waals surface area contributed by atoms with E-state index in [0.717, 1.165) is 40.8 Å². The van der Waals surface area contributed by atoms with Crippen molar-refractivity contribution in [1.29, 1.82) is 0 Å². The number of aromatic nitrogens is 4. The van der Waals surface area contributed by atoms with Crippen molar-refractivity contribution >= 4 is 53.8 Å². The first-order chi connectivity index (χ1) is 21.1. The predicted octanol–water partition coefficient (Wildman–Crippen LogP) is 3.77. The molecule has 4 heterocycles. The zero-order valence-electron chi connectivity index (χ0n) is 23.4. The number of carbonyl (C=O) groups is 2. The van der Waals surface area contributed by atoms with Gasteiger partial charge in [-0.25, -0.2) is 9.97 Å². The number of fused-ring (bicyclic) bond motifs is 2. The number of para-hydroxylation sites is 2. The lowest BCUT2D eigenvalue weighted by atomic mass is 10.1. The van der Waals surface area contributed by atoms with E-state index in [-0.39, 0.29) is 37.1 Å². The van der Waals surface area contributed by atoms with Crippen LogP contribution in [0.4, 0.5) is 0 Å². The SMILES string of the molecule is Cl.O=C(Cc1cnc[nH]1)N[C@@H](Cc1coc2ccccc12)O[B]O[C@H](Cc1coc2ccccc12)NC(=O)Cc1cnc[nH]1. The van der Waals surface area contributed by atoms with Gasteiger partial charge in [-0.15, -0.1) is 12.4 Å². The highest BCUT2D eigenvalue weighted by atomic mass is 35.5. The van der Waals surface area contributed by atoms with Gasteiger partial charge in [0, 0.05) is 58.5 Å². The molecular formula is C30H29BClN6O6. The molecule has 0 aliphatic heterocycles. The number of H-pyrrole nitrogens is 2. The van der Waals surface area contributed by atoms with Crippen LogP contribution in [0.2, 0.25) is 0 Å². The van der Waals surface area contributed by atoms with Crippen LogP contribution in [0.1, 0.15) is 22.5 Å². The number of amides is 2. The van der Waals surface area contributed by atoms with Gasteiger partial charge in [0.25, 0.3) is 0 Å². The zero-order chi connectivity index (χ0) is 29.4. The highest BCUT2D eigenvalue weighted by Gasteiger charge is 2.22. The van der Waals surface area contributed by atoms with Crippen molar-refractivity contribution in [2.45, 2.75) is 38.1 Å². The van der Waals surface area contributed by atoms with E-state index in [9.17, 15) is 9.59 Å². The molecular weight excluding hydrogens is 587 g/mol. The van der Waals surface area contributed by atoms with Crippen LogP contribution >= 0.6 is 12.4 Å². The van der Waals surface area contributed by atoms with Gasteiger partial charge in [0.15, 0.2) is 0 Å². The second-order valence-electron chi connectivity index (χ2n) is 9.91. The Morgan fingerprint density at radius 3 is 1.64 bits per heavy atom. The molecule has 6 rings (SSSR count). The number of halogens is 1. The quantitative estimate of drug-likeness (QED) is 0.106. The number of furan rings is 2. The van der Waals surface area contributed by atoms with Crippen molar-refractivity contribution in [3.8, 4) is 0 Å². The number of imidazole rings is 2. The molecule has 2 atom stereocenters. The van der Waals surface area contributed by atoms with Gasteiger partial charge in [0.05, 0.1) is 38.0 Å². The highest BCUT2D eigenvalue weighted by molar-refractivity contribution is 6.18. The fraction of sp³-hybridized carbons (Fsp3) is 0.200. The Morgan fingerprint density at radius 2 is 1.20 bits per heavy atom. The lowest BCUT2D eigenvalue weighted by molar-refractivity contribution is -0.123. The first-order valence-electron chi connectivity index (χ1n) is 13.7. The number of benzene rings is 2. The predicted molar refractivity (Wildman–Crippen MR) is 163 cm³/mol. The number of aromatic amines is 2. The van der Waals surface area contributed by atoms with Crippen molar-refractivity contribution in [3.05, 3.63) is 109 Å².